The van der Waals surface area contributed by atoms with Crippen molar-refractivity contribution in [2.45, 2.75) is 32.4 Å². The van der Waals surface area contributed by atoms with Gasteiger partial charge in [0.1, 0.15) is 5.65 Å². The van der Waals surface area contributed by atoms with Crippen LogP contribution < -0.4 is 5.32 Å². The topological polar surface area (TPSA) is 44.0 Å². The Bertz CT molecular complexity index is 528. The number of pyridine rings is 1. The molecule has 0 aliphatic carbocycles. The molecule has 1 saturated heterocycles. The lowest BCUT2D eigenvalue weighted by Gasteiger charge is -2.27. The molecule has 1 atom stereocenters. The van der Waals surface area contributed by atoms with Crippen molar-refractivity contribution in [3.05, 3.63) is 30.1 Å². The summed E-state index contributed by atoms with van der Waals surface area (Å²) in [6, 6.07) is 4.85. The normalized spacial score (nSPS) is 19.6. The minimum Gasteiger partial charge on any atom is -0.346 e. The van der Waals surface area contributed by atoms with E-state index in [0.29, 0.717) is 6.04 Å². The Morgan fingerprint density at radius 2 is 2.42 bits per heavy atom. The zero-order chi connectivity index (χ0) is 13.1. The highest BCUT2D eigenvalue weighted by Gasteiger charge is 2.22. The van der Waals surface area contributed by atoms with Gasteiger partial charge in [-0.05, 0) is 43.6 Å². The Balaban J connectivity index is 1.80. The number of nitrogens with zero attached hydrogens (tertiary/aromatic N) is 2. The minimum atomic E-state index is 0.682. The van der Waals surface area contributed by atoms with E-state index < -0.39 is 0 Å². The van der Waals surface area contributed by atoms with E-state index in [9.17, 15) is 0 Å². The van der Waals surface area contributed by atoms with Crippen molar-refractivity contribution in [1.82, 2.24) is 20.2 Å². The largest absolute Gasteiger partial charge is 0.346 e. The van der Waals surface area contributed by atoms with E-state index in [1.54, 1.807) is 0 Å². The highest BCUT2D eigenvalue weighted by Crippen LogP contribution is 2.20. The molecule has 0 aromatic carbocycles. The zero-order valence-electron chi connectivity index (χ0n) is 11.5. The third-order valence-electron chi connectivity index (χ3n) is 3.97. The summed E-state index contributed by atoms with van der Waals surface area (Å²) in [5.41, 5.74) is 2.36. The van der Waals surface area contributed by atoms with Gasteiger partial charge in [0.25, 0.3) is 0 Å². The summed E-state index contributed by atoms with van der Waals surface area (Å²) in [6.45, 7) is 6.72. The van der Waals surface area contributed by atoms with Gasteiger partial charge in [0.15, 0.2) is 0 Å². The Hall–Kier alpha value is -1.39. The first-order valence-corrected chi connectivity index (χ1v) is 7.24. The Kier molecular flexibility index (Phi) is 3.80. The van der Waals surface area contributed by atoms with E-state index in [1.165, 1.54) is 30.3 Å². The molecule has 1 unspecified atom stereocenters. The molecule has 2 aromatic rings. The van der Waals surface area contributed by atoms with Gasteiger partial charge in [-0.2, -0.15) is 0 Å². The van der Waals surface area contributed by atoms with Crippen LogP contribution in [0.5, 0.6) is 0 Å². The SMILES string of the molecule is CCCN(Cc1c[nH]c2ncccc12)C1CCNC1. The van der Waals surface area contributed by atoms with Crippen molar-refractivity contribution in [2.24, 2.45) is 0 Å². The fourth-order valence-corrected chi connectivity index (χ4v) is 2.99. The maximum Gasteiger partial charge on any atom is 0.137 e. The first kappa shape index (κ1) is 12.6. The molecule has 3 heterocycles. The van der Waals surface area contributed by atoms with E-state index in [0.717, 1.165) is 25.3 Å². The standard InChI is InChI=1S/C15H22N4/c1-2-8-19(13-5-7-16-10-13)11-12-9-18-15-14(12)4-3-6-17-15/h3-4,6,9,13,16H,2,5,7-8,10-11H2,1H3,(H,17,18). The number of H-pyrrole nitrogens is 1. The molecule has 0 radical (unpaired) electrons. The molecule has 1 aliphatic rings. The highest BCUT2D eigenvalue weighted by molar-refractivity contribution is 5.79. The monoisotopic (exact) mass is 258 g/mol. The number of hydrogen-bond acceptors (Lipinski definition) is 3. The second-order valence-electron chi connectivity index (χ2n) is 5.33. The maximum atomic E-state index is 4.37. The minimum absolute atomic E-state index is 0.682. The van der Waals surface area contributed by atoms with Gasteiger partial charge >= 0.3 is 0 Å². The van der Waals surface area contributed by atoms with Crippen LogP contribution in [0.4, 0.5) is 0 Å². The van der Waals surface area contributed by atoms with E-state index in [1.807, 2.05) is 12.3 Å². The molecule has 1 aliphatic heterocycles. The van der Waals surface area contributed by atoms with Crippen LogP contribution in [0.3, 0.4) is 0 Å². The van der Waals surface area contributed by atoms with Crippen LogP contribution in [0.1, 0.15) is 25.3 Å². The Morgan fingerprint density at radius 3 is 3.21 bits per heavy atom. The second-order valence-corrected chi connectivity index (χ2v) is 5.33. The predicted octanol–water partition coefficient (Wildman–Crippen LogP) is 2.14. The number of nitrogens with one attached hydrogen (secondary N) is 2. The van der Waals surface area contributed by atoms with Crippen molar-refractivity contribution in [2.75, 3.05) is 19.6 Å². The summed E-state index contributed by atoms with van der Waals surface area (Å²) in [7, 11) is 0. The van der Waals surface area contributed by atoms with Gasteiger partial charge in [-0.1, -0.05) is 6.92 Å². The maximum absolute atomic E-state index is 4.37. The molecule has 4 heteroatoms. The fraction of sp³-hybridized carbons (Fsp3) is 0.533. The molecule has 2 N–H and O–H groups in total. The quantitative estimate of drug-likeness (QED) is 0.863. The molecule has 1 fully saturated rings. The van der Waals surface area contributed by atoms with Crippen LogP contribution in [0.15, 0.2) is 24.5 Å². The number of rotatable bonds is 5. The third-order valence-corrected chi connectivity index (χ3v) is 3.97. The molecule has 0 spiro atoms. The van der Waals surface area contributed by atoms with Crippen LogP contribution >= 0.6 is 0 Å². The van der Waals surface area contributed by atoms with Crippen LogP contribution in [-0.2, 0) is 6.54 Å². The summed E-state index contributed by atoms with van der Waals surface area (Å²) >= 11 is 0. The molecule has 0 amide bonds. The summed E-state index contributed by atoms with van der Waals surface area (Å²) in [4.78, 5) is 10.2. The van der Waals surface area contributed by atoms with Gasteiger partial charge in [-0.25, -0.2) is 4.98 Å². The first-order chi connectivity index (χ1) is 9.38. The van der Waals surface area contributed by atoms with Crippen molar-refractivity contribution in [3.63, 3.8) is 0 Å². The van der Waals surface area contributed by atoms with Gasteiger partial charge < -0.3 is 10.3 Å². The van der Waals surface area contributed by atoms with Crippen molar-refractivity contribution < 1.29 is 0 Å². The van der Waals surface area contributed by atoms with Gasteiger partial charge in [0.2, 0.25) is 0 Å². The zero-order valence-corrected chi connectivity index (χ0v) is 11.5. The third kappa shape index (κ3) is 2.65. The van der Waals surface area contributed by atoms with Crippen LogP contribution in [0.25, 0.3) is 11.0 Å². The first-order valence-electron chi connectivity index (χ1n) is 7.24. The summed E-state index contributed by atoms with van der Waals surface area (Å²) in [6.07, 6.45) is 6.42. The predicted molar refractivity (Wildman–Crippen MR) is 78.1 cm³/mol. The molecule has 3 rings (SSSR count). The number of aromatic amines is 1. The lowest BCUT2D eigenvalue weighted by molar-refractivity contribution is 0.200. The average Bonchev–Trinajstić information content (AvgIpc) is 3.08. The summed E-state index contributed by atoms with van der Waals surface area (Å²) in [5, 5.41) is 4.73. The van der Waals surface area contributed by atoms with E-state index in [-0.39, 0.29) is 0 Å². The van der Waals surface area contributed by atoms with E-state index >= 15 is 0 Å². The fourth-order valence-electron chi connectivity index (χ4n) is 2.99. The van der Waals surface area contributed by atoms with Gasteiger partial charge in [0, 0.05) is 36.9 Å². The molecule has 102 valence electrons. The van der Waals surface area contributed by atoms with Crippen LogP contribution in [0.2, 0.25) is 0 Å². The van der Waals surface area contributed by atoms with Crippen molar-refractivity contribution >= 4 is 11.0 Å². The Labute approximate surface area is 114 Å². The van der Waals surface area contributed by atoms with Crippen LogP contribution in [0, 0.1) is 0 Å². The lowest BCUT2D eigenvalue weighted by atomic mass is 10.1. The molecule has 2 aromatic heterocycles. The molecule has 0 bridgehead atoms. The smallest absolute Gasteiger partial charge is 0.137 e. The van der Waals surface area contributed by atoms with Crippen LogP contribution in [-0.4, -0.2) is 40.5 Å². The number of fused-ring (bicyclic) bond motifs is 1. The molecule has 0 saturated carbocycles. The van der Waals surface area contributed by atoms with Crippen molar-refractivity contribution in [3.8, 4) is 0 Å². The molecule has 4 nitrogen and oxygen atoms in total. The van der Waals surface area contributed by atoms with E-state index in [2.05, 4.69) is 39.4 Å². The summed E-state index contributed by atoms with van der Waals surface area (Å²) in [5.74, 6) is 0. The average molecular weight is 258 g/mol. The molecule has 19 heavy (non-hydrogen) atoms. The van der Waals surface area contributed by atoms with Gasteiger partial charge in [0.05, 0.1) is 0 Å². The van der Waals surface area contributed by atoms with Crippen molar-refractivity contribution in [1.29, 1.82) is 0 Å². The summed E-state index contributed by atoms with van der Waals surface area (Å²) < 4.78 is 0. The second kappa shape index (κ2) is 5.72. The number of aromatic nitrogens is 2. The number of hydrogen-bond donors (Lipinski definition) is 2. The van der Waals surface area contributed by atoms with Gasteiger partial charge in [-0.15, -0.1) is 0 Å². The lowest BCUT2D eigenvalue weighted by Crippen LogP contribution is -2.36. The Morgan fingerprint density at radius 1 is 1.47 bits per heavy atom. The van der Waals surface area contributed by atoms with Gasteiger partial charge in [-0.3, -0.25) is 4.90 Å². The molecular weight excluding hydrogens is 236 g/mol. The van der Waals surface area contributed by atoms with E-state index in [4.69, 9.17) is 0 Å². The molecular formula is C15H22N4. The highest BCUT2D eigenvalue weighted by atomic mass is 15.2.